The Morgan fingerprint density at radius 1 is 1.35 bits per heavy atom. The van der Waals surface area contributed by atoms with Gasteiger partial charge in [0.2, 0.25) is 0 Å². The van der Waals surface area contributed by atoms with Crippen molar-refractivity contribution in [3.05, 3.63) is 23.4 Å². The number of hydrogen-bond acceptors (Lipinski definition) is 3. The number of rotatable bonds is 3. The molecule has 112 valence electrons. The van der Waals surface area contributed by atoms with Gasteiger partial charge in [-0.25, -0.2) is 4.98 Å². The van der Waals surface area contributed by atoms with Crippen molar-refractivity contribution >= 4 is 14.1 Å². The standard InChI is InChI=1S/C16H28N2OSi/c1-16(2,3)20(4,5)19-11-12-6-8-14-13(10-12)7-9-15(17)18-14/h7,9,12H,6,8,10-11H2,1-5H3,(H2,17,18)/t12-/m1/s1. The third kappa shape index (κ3) is 3.41. The van der Waals surface area contributed by atoms with Crippen molar-refractivity contribution < 1.29 is 4.43 Å². The van der Waals surface area contributed by atoms with Crippen molar-refractivity contribution in [1.29, 1.82) is 0 Å². The SMILES string of the molecule is CC(C)(C)[Si](C)(C)OC[C@@H]1CCc2nc(N)ccc2C1. The van der Waals surface area contributed by atoms with Gasteiger partial charge in [-0.2, -0.15) is 0 Å². The van der Waals surface area contributed by atoms with Crippen LogP contribution in [-0.4, -0.2) is 19.9 Å². The molecule has 0 fully saturated rings. The van der Waals surface area contributed by atoms with E-state index in [1.807, 2.05) is 6.07 Å². The van der Waals surface area contributed by atoms with Crippen LogP contribution in [0.25, 0.3) is 0 Å². The van der Waals surface area contributed by atoms with E-state index >= 15 is 0 Å². The molecule has 20 heavy (non-hydrogen) atoms. The molecule has 1 atom stereocenters. The Kier molecular flexibility index (Phi) is 4.26. The predicted molar refractivity (Wildman–Crippen MR) is 87.3 cm³/mol. The monoisotopic (exact) mass is 292 g/mol. The lowest BCUT2D eigenvalue weighted by atomic mass is 9.87. The molecule has 3 nitrogen and oxygen atoms in total. The van der Waals surface area contributed by atoms with E-state index < -0.39 is 8.32 Å². The number of fused-ring (bicyclic) bond motifs is 1. The summed E-state index contributed by atoms with van der Waals surface area (Å²) in [4.78, 5) is 4.44. The van der Waals surface area contributed by atoms with Crippen molar-refractivity contribution in [3.8, 4) is 0 Å². The number of nitrogens with zero attached hydrogens (tertiary/aromatic N) is 1. The van der Waals surface area contributed by atoms with Gasteiger partial charge < -0.3 is 10.2 Å². The van der Waals surface area contributed by atoms with Crippen LogP contribution in [0.4, 0.5) is 5.82 Å². The lowest BCUT2D eigenvalue weighted by molar-refractivity contribution is 0.214. The van der Waals surface area contributed by atoms with Crippen LogP contribution in [0, 0.1) is 5.92 Å². The molecule has 1 aromatic rings. The summed E-state index contributed by atoms with van der Waals surface area (Å²) in [6.45, 7) is 12.4. The fourth-order valence-electron chi connectivity index (χ4n) is 2.39. The van der Waals surface area contributed by atoms with Gasteiger partial charge in [0.1, 0.15) is 5.82 Å². The molecule has 1 aromatic heterocycles. The second-order valence-corrected chi connectivity index (χ2v) is 12.3. The Balaban J connectivity index is 1.96. The summed E-state index contributed by atoms with van der Waals surface area (Å²) in [5.41, 5.74) is 8.29. The summed E-state index contributed by atoms with van der Waals surface area (Å²) in [6, 6.07) is 4.05. The van der Waals surface area contributed by atoms with Crippen LogP contribution in [0.2, 0.25) is 18.1 Å². The first kappa shape index (κ1) is 15.5. The highest BCUT2D eigenvalue weighted by molar-refractivity contribution is 6.74. The summed E-state index contributed by atoms with van der Waals surface area (Å²) in [5, 5.41) is 0.287. The van der Waals surface area contributed by atoms with E-state index in [2.05, 4.69) is 44.9 Å². The van der Waals surface area contributed by atoms with E-state index in [9.17, 15) is 0 Å². The quantitative estimate of drug-likeness (QED) is 0.862. The Bertz CT molecular complexity index is 480. The van der Waals surface area contributed by atoms with Crippen molar-refractivity contribution in [2.24, 2.45) is 5.92 Å². The highest BCUT2D eigenvalue weighted by Gasteiger charge is 2.37. The van der Waals surface area contributed by atoms with E-state index in [-0.39, 0.29) is 5.04 Å². The molecule has 0 amide bonds. The summed E-state index contributed by atoms with van der Waals surface area (Å²) in [6.07, 6.45) is 3.28. The Morgan fingerprint density at radius 2 is 2.05 bits per heavy atom. The molecule has 4 heteroatoms. The van der Waals surface area contributed by atoms with E-state index in [0.29, 0.717) is 11.7 Å². The minimum absolute atomic E-state index is 0.287. The number of aryl methyl sites for hydroxylation is 1. The zero-order valence-corrected chi connectivity index (χ0v) is 14.5. The molecule has 2 N–H and O–H groups in total. The Hall–Kier alpha value is -0.873. The normalized spacial score (nSPS) is 19.8. The summed E-state index contributed by atoms with van der Waals surface area (Å²) in [7, 11) is -1.63. The zero-order valence-electron chi connectivity index (χ0n) is 13.5. The number of hydrogen-bond donors (Lipinski definition) is 1. The second-order valence-electron chi connectivity index (χ2n) is 7.52. The van der Waals surface area contributed by atoms with Crippen molar-refractivity contribution in [2.75, 3.05) is 12.3 Å². The smallest absolute Gasteiger partial charge is 0.191 e. The largest absolute Gasteiger partial charge is 0.417 e. The zero-order chi connectivity index (χ0) is 15.0. The molecule has 1 aliphatic carbocycles. The van der Waals surface area contributed by atoms with E-state index in [1.165, 1.54) is 11.3 Å². The molecule has 0 saturated carbocycles. The molecule has 1 aliphatic rings. The van der Waals surface area contributed by atoms with E-state index in [4.69, 9.17) is 10.2 Å². The summed E-state index contributed by atoms with van der Waals surface area (Å²) < 4.78 is 6.37. The highest BCUT2D eigenvalue weighted by Crippen LogP contribution is 2.37. The number of nitrogens with two attached hydrogens (primary N) is 1. The van der Waals surface area contributed by atoms with Crippen LogP contribution < -0.4 is 5.73 Å². The highest BCUT2D eigenvalue weighted by atomic mass is 28.4. The third-order valence-electron chi connectivity index (χ3n) is 4.87. The van der Waals surface area contributed by atoms with Crippen molar-refractivity contribution in [1.82, 2.24) is 4.98 Å². The molecule has 0 aliphatic heterocycles. The summed E-state index contributed by atoms with van der Waals surface area (Å²) >= 11 is 0. The lowest BCUT2D eigenvalue weighted by Crippen LogP contribution is -2.42. The van der Waals surface area contributed by atoms with Crippen LogP contribution in [-0.2, 0) is 17.3 Å². The molecule has 0 unspecified atom stereocenters. The molecule has 2 rings (SSSR count). The van der Waals surface area contributed by atoms with Gasteiger partial charge in [0.15, 0.2) is 8.32 Å². The average Bonchev–Trinajstić information content (AvgIpc) is 2.35. The fourth-order valence-corrected chi connectivity index (χ4v) is 3.47. The first-order valence-corrected chi connectivity index (χ1v) is 10.5. The fraction of sp³-hybridized carbons (Fsp3) is 0.688. The first-order valence-electron chi connectivity index (χ1n) is 7.57. The maximum Gasteiger partial charge on any atom is 0.191 e. The number of aromatic nitrogens is 1. The molecule has 0 bridgehead atoms. The number of nitrogen functional groups attached to an aromatic ring is 1. The predicted octanol–water partition coefficient (Wildman–Crippen LogP) is 3.79. The van der Waals surface area contributed by atoms with Gasteiger partial charge in [0, 0.05) is 12.3 Å². The second kappa shape index (κ2) is 5.49. The molecule has 0 spiro atoms. The van der Waals surface area contributed by atoms with Crippen LogP contribution >= 0.6 is 0 Å². The average molecular weight is 292 g/mol. The molecule has 0 aromatic carbocycles. The topological polar surface area (TPSA) is 48.1 Å². The van der Waals surface area contributed by atoms with Gasteiger partial charge in [-0.3, -0.25) is 0 Å². The minimum Gasteiger partial charge on any atom is -0.417 e. The Labute approximate surface area is 124 Å². The van der Waals surface area contributed by atoms with E-state index in [1.54, 1.807) is 0 Å². The summed E-state index contributed by atoms with van der Waals surface area (Å²) in [5.74, 6) is 1.27. The molecular formula is C16H28N2OSi. The lowest BCUT2D eigenvalue weighted by Gasteiger charge is -2.38. The molecular weight excluding hydrogens is 264 g/mol. The van der Waals surface area contributed by atoms with Gasteiger partial charge >= 0.3 is 0 Å². The first-order chi connectivity index (χ1) is 9.19. The van der Waals surface area contributed by atoms with Crippen molar-refractivity contribution in [3.63, 3.8) is 0 Å². The number of pyridine rings is 1. The van der Waals surface area contributed by atoms with Crippen LogP contribution in [0.15, 0.2) is 12.1 Å². The van der Waals surface area contributed by atoms with Crippen LogP contribution in [0.3, 0.4) is 0 Å². The molecule has 1 heterocycles. The van der Waals surface area contributed by atoms with Gasteiger partial charge in [0.05, 0.1) is 0 Å². The van der Waals surface area contributed by atoms with E-state index in [0.717, 1.165) is 25.9 Å². The number of anilines is 1. The van der Waals surface area contributed by atoms with Gasteiger partial charge in [-0.1, -0.05) is 26.8 Å². The molecule has 0 saturated heterocycles. The Morgan fingerprint density at radius 3 is 2.70 bits per heavy atom. The van der Waals surface area contributed by atoms with Gasteiger partial charge in [-0.15, -0.1) is 0 Å². The van der Waals surface area contributed by atoms with Crippen LogP contribution in [0.5, 0.6) is 0 Å². The third-order valence-corrected chi connectivity index (χ3v) is 9.37. The maximum absolute atomic E-state index is 6.37. The van der Waals surface area contributed by atoms with Crippen LogP contribution in [0.1, 0.15) is 38.4 Å². The minimum atomic E-state index is -1.63. The van der Waals surface area contributed by atoms with Gasteiger partial charge in [-0.05, 0) is 54.9 Å². The maximum atomic E-state index is 6.37. The molecule has 0 radical (unpaired) electrons. The van der Waals surface area contributed by atoms with Crippen molar-refractivity contribution in [2.45, 2.75) is 58.2 Å². The van der Waals surface area contributed by atoms with Gasteiger partial charge in [0.25, 0.3) is 0 Å².